The van der Waals surface area contributed by atoms with E-state index in [0.717, 1.165) is 32.2 Å². The van der Waals surface area contributed by atoms with Gasteiger partial charge in [0, 0.05) is 32.0 Å². The quantitative estimate of drug-likeness (QED) is 0.294. The van der Waals surface area contributed by atoms with E-state index in [1.165, 1.54) is 0 Å². The molecule has 1 saturated heterocycles. The number of halogens is 1. The number of benzene rings is 2. The molecule has 8 heteroatoms. The molecule has 209 valence electrons. The van der Waals surface area contributed by atoms with Crippen molar-refractivity contribution in [3.8, 4) is 5.75 Å². The molecule has 1 radical (unpaired) electrons. The predicted octanol–water partition coefficient (Wildman–Crippen LogP) is 7.38. The number of fused-ring (bicyclic) bond motifs is 4. The molecule has 3 aromatic rings. The van der Waals surface area contributed by atoms with Gasteiger partial charge in [0.05, 0.1) is 11.7 Å². The lowest BCUT2D eigenvalue weighted by Gasteiger charge is -2.37. The molecule has 5 rings (SSSR count). The van der Waals surface area contributed by atoms with Crippen molar-refractivity contribution in [2.75, 3.05) is 6.61 Å². The Labute approximate surface area is 241 Å². The highest BCUT2D eigenvalue weighted by Gasteiger charge is 2.49. The Morgan fingerprint density at radius 2 is 1.79 bits per heavy atom. The zero-order valence-corrected chi connectivity index (χ0v) is 26.9. The lowest BCUT2D eigenvalue weighted by atomic mass is 9.71. The van der Waals surface area contributed by atoms with Gasteiger partial charge in [0.2, 0.25) is 9.04 Å². The third-order valence-corrected chi connectivity index (χ3v) is 8.89. The number of aromatic amines is 1. The Balaban J connectivity index is 1.43. The number of ketones is 1. The van der Waals surface area contributed by atoms with E-state index in [1.54, 1.807) is 0 Å². The van der Waals surface area contributed by atoms with Gasteiger partial charge in [-0.25, -0.2) is 0 Å². The van der Waals surface area contributed by atoms with E-state index in [9.17, 15) is 4.79 Å². The molecule has 3 atom stereocenters. The molecular weight excluding hydrogens is 574 g/mol. The molecule has 0 spiro atoms. The molecule has 1 aliphatic heterocycles. The topological polar surface area (TPSA) is 69.8 Å². The van der Waals surface area contributed by atoms with Crippen LogP contribution in [0.5, 0.6) is 5.75 Å². The fourth-order valence-electron chi connectivity index (χ4n) is 5.89. The summed E-state index contributed by atoms with van der Waals surface area (Å²) < 4.78 is 26.5. The lowest BCUT2D eigenvalue weighted by molar-refractivity contribution is -0.160. The number of carbonyl (C=O) groups is 1. The molecule has 0 saturated carbocycles. The van der Waals surface area contributed by atoms with E-state index >= 15 is 0 Å². The maximum absolute atomic E-state index is 13.7. The average Bonchev–Trinajstić information content (AvgIpc) is 3.36. The third kappa shape index (κ3) is 5.26. The Morgan fingerprint density at radius 3 is 2.46 bits per heavy atom. The minimum Gasteiger partial charge on any atom is -0.491 e. The predicted molar refractivity (Wildman–Crippen MR) is 159 cm³/mol. The Bertz CT molecular complexity index is 1420. The van der Waals surface area contributed by atoms with Crippen LogP contribution in [0.3, 0.4) is 0 Å². The van der Waals surface area contributed by atoms with Crippen molar-refractivity contribution >= 4 is 41.7 Å². The van der Waals surface area contributed by atoms with Crippen LogP contribution in [0.1, 0.15) is 75.6 Å². The van der Waals surface area contributed by atoms with Gasteiger partial charge < -0.3 is 23.6 Å². The number of rotatable bonds is 6. The first-order valence-corrected chi connectivity index (χ1v) is 16.7. The molecule has 1 N–H and O–H groups in total. The fraction of sp³-hybridized carbons (Fsp3) is 0.516. The van der Waals surface area contributed by atoms with E-state index in [4.69, 9.17) is 18.6 Å². The summed E-state index contributed by atoms with van der Waals surface area (Å²) in [6.07, 6.45) is -0.684. The second-order valence-electron chi connectivity index (χ2n) is 13.0. The first-order chi connectivity index (χ1) is 18.1. The summed E-state index contributed by atoms with van der Waals surface area (Å²) in [6.45, 7) is 19.3. The first-order valence-electron chi connectivity index (χ1n) is 13.5. The summed E-state index contributed by atoms with van der Waals surface area (Å²) in [5.41, 5.74) is 3.76. The summed E-state index contributed by atoms with van der Waals surface area (Å²) in [7, 11) is -0.957. The standard InChI is InChI=1S/C31H39BrNO5Si/c1-29(2,3)28(38-39(8)9)26-23(36-31(6,7)37-26)16-35-18-11-13-19-21(15-18)30(4,5)27-24(25(19)34)20-12-10-17(32)14-22(20)33-27/h10-15,23,26,28,33H,16H2,1-9H3/t23-,26-,28?/m1/s1. The SMILES string of the molecule is C[Si](C)OC([C@@H]1OC(C)(C)O[C@@H]1COc1ccc2c(c1)C(C)(C)c1[nH]c3cc(Br)ccc3c1C2=O)C(C)(C)C. The Kier molecular flexibility index (Phi) is 7.20. The molecule has 1 fully saturated rings. The van der Waals surface area contributed by atoms with Crippen LogP contribution in [0.15, 0.2) is 40.9 Å². The molecule has 1 unspecified atom stereocenters. The van der Waals surface area contributed by atoms with Crippen molar-refractivity contribution in [1.29, 1.82) is 0 Å². The number of H-pyrrole nitrogens is 1. The summed E-state index contributed by atoms with van der Waals surface area (Å²) in [6, 6.07) is 11.8. The van der Waals surface area contributed by atoms with Crippen LogP contribution in [0.25, 0.3) is 10.9 Å². The Hall–Kier alpha value is -1.97. The van der Waals surface area contributed by atoms with Crippen LogP contribution >= 0.6 is 15.9 Å². The lowest BCUT2D eigenvalue weighted by Crippen LogP contribution is -2.48. The van der Waals surface area contributed by atoms with Gasteiger partial charge in [-0.2, -0.15) is 0 Å². The normalized spacial score (nSPS) is 22.7. The van der Waals surface area contributed by atoms with Gasteiger partial charge in [0.25, 0.3) is 0 Å². The number of nitrogens with one attached hydrogen (secondary N) is 1. The van der Waals surface area contributed by atoms with Gasteiger partial charge in [0.15, 0.2) is 11.6 Å². The Morgan fingerprint density at radius 1 is 1.08 bits per heavy atom. The fourth-order valence-corrected chi connectivity index (χ4v) is 7.25. The maximum Gasteiger partial charge on any atom is 0.205 e. The van der Waals surface area contributed by atoms with Crippen molar-refractivity contribution < 1.29 is 23.4 Å². The monoisotopic (exact) mass is 612 g/mol. The average molecular weight is 614 g/mol. The van der Waals surface area contributed by atoms with Crippen LogP contribution < -0.4 is 4.74 Å². The molecule has 1 aromatic heterocycles. The molecule has 39 heavy (non-hydrogen) atoms. The molecule has 6 nitrogen and oxygen atoms in total. The molecule has 2 heterocycles. The van der Waals surface area contributed by atoms with Crippen LogP contribution in [0, 0.1) is 5.41 Å². The van der Waals surface area contributed by atoms with Gasteiger partial charge in [0.1, 0.15) is 24.6 Å². The molecule has 0 amide bonds. The van der Waals surface area contributed by atoms with Crippen LogP contribution in [0.2, 0.25) is 13.1 Å². The number of ether oxygens (including phenoxy) is 3. The smallest absolute Gasteiger partial charge is 0.205 e. The molecule has 1 aliphatic carbocycles. The maximum atomic E-state index is 13.7. The van der Waals surface area contributed by atoms with Crippen LogP contribution in [-0.4, -0.2) is 50.5 Å². The number of carbonyl (C=O) groups excluding carboxylic acids is 1. The highest BCUT2D eigenvalue weighted by molar-refractivity contribution is 9.10. The zero-order chi connectivity index (χ0) is 28.5. The number of hydrogen-bond donors (Lipinski definition) is 1. The van der Waals surface area contributed by atoms with E-state index < -0.39 is 20.2 Å². The van der Waals surface area contributed by atoms with Gasteiger partial charge in [-0.1, -0.05) is 56.6 Å². The molecular formula is C31H39BrNO5Si. The van der Waals surface area contributed by atoms with Gasteiger partial charge in [-0.15, -0.1) is 0 Å². The number of aromatic nitrogens is 1. The van der Waals surface area contributed by atoms with E-state index in [0.29, 0.717) is 17.9 Å². The van der Waals surface area contributed by atoms with Crippen molar-refractivity contribution in [3.05, 3.63) is 63.3 Å². The van der Waals surface area contributed by atoms with Gasteiger partial charge in [-0.3, -0.25) is 4.79 Å². The highest BCUT2D eigenvalue weighted by Crippen LogP contribution is 2.45. The first kappa shape index (κ1) is 28.6. The van der Waals surface area contributed by atoms with E-state index in [1.807, 2.05) is 50.2 Å². The second-order valence-corrected chi connectivity index (χ2v) is 16.0. The summed E-state index contributed by atoms with van der Waals surface area (Å²) in [5, 5.41) is 0.948. The van der Waals surface area contributed by atoms with Gasteiger partial charge >= 0.3 is 0 Å². The van der Waals surface area contributed by atoms with Crippen LogP contribution in [-0.2, 0) is 19.3 Å². The van der Waals surface area contributed by atoms with Crippen molar-refractivity contribution in [1.82, 2.24) is 4.98 Å². The number of hydrogen-bond acceptors (Lipinski definition) is 5. The van der Waals surface area contributed by atoms with E-state index in [2.05, 4.69) is 68.6 Å². The molecule has 2 aliphatic rings. The van der Waals surface area contributed by atoms with Crippen molar-refractivity contribution in [3.63, 3.8) is 0 Å². The van der Waals surface area contributed by atoms with Gasteiger partial charge in [-0.05, 0) is 68.3 Å². The second kappa shape index (κ2) is 9.84. The summed E-state index contributed by atoms with van der Waals surface area (Å²) in [5.74, 6) is 0.00855. The van der Waals surface area contributed by atoms with Crippen LogP contribution in [0.4, 0.5) is 0 Å². The largest absolute Gasteiger partial charge is 0.491 e. The van der Waals surface area contributed by atoms with Crippen molar-refractivity contribution in [2.24, 2.45) is 5.41 Å². The summed E-state index contributed by atoms with van der Waals surface area (Å²) in [4.78, 5) is 17.2. The highest BCUT2D eigenvalue weighted by atomic mass is 79.9. The minimum atomic E-state index is -0.957. The third-order valence-electron chi connectivity index (χ3n) is 7.67. The molecule has 0 bridgehead atoms. The minimum absolute atomic E-state index is 0.0377. The molecule has 2 aromatic carbocycles. The van der Waals surface area contributed by atoms with E-state index in [-0.39, 0.29) is 29.5 Å². The summed E-state index contributed by atoms with van der Waals surface area (Å²) >= 11 is 3.55. The zero-order valence-electron chi connectivity index (χ0n) is 24.3. The van der Waals surface area contributed by atoms with Crippen molar-refractivity contribution in [2.45, 2.75) is 91.1 Å².